The standard InChI is InChI=1S/C19H19N3O4S/c23-17(24)10-16-12-27-8-7-22(16)19(26)13-3-1-5-15(9-13)21-18(25)14-4-2-6-20-11-14/h1-6,9,11,16H,7-8,10,12H2,(H,21,25)(H,23,24). The van der Waals surface area contributed by atoms with Crippen LogP contribution >= 0.6 is 11.8 Å². The molecule has 0 bridgehead atoms. The van der Waals surface area contributed by atoms with Crippen LogP contribution < -0.4 is 5.32 Å². The van der Waals surface area contributed by atoms with Crippen LogP contribution in [0.15, 0.2) is 48.8 Å². The molecule has 1 unspecified atom stereocenters. The molecule has 27 heavy (non-hydrogen) atoms. The van der Waals surface area contributed by atoms with E-state index in [0.717, 1.165) is 5.75 Å². The summed E-state index contributed by atoms with van der Waals surface area (Å²) in [5.74, 6) is -0.0722. The molecule has 1 aromatic carbocycles. The largest absolute Gasteiger partial charge is 0.481 e. The van der Waals surface area contributed by atoms with Crippen molar-refractivity contribution in [1.29, 1.82) is 0 Å². The molecule has 1 atom stereocenters. The molecule has 1 saturated heterocycles. The van der Waals surface area contributed by atoms with E-state index in [4.69, 9.17) is 5.11 Å². The first-order valence-corrected chi connectivity index (χ1v) is 9.62. The van der Waals surface area contributed by atoms with E-state index < -0.39 is 5.97 Å². The van der Waals surface area contributed by atoms with E-state index in [1.165, 1.54) is 6.20 Å². The molecule has 0 saturated carbocycles. The molecule has 0 spiro atoms. The Morgan fingerprint density at radius 3 is 2.78 bits per heavy atom. The maximum atomic E-state index is 12.9. The van der Waals surface area contributed by atoms with Crippen LogP contribution in [-0.2, 0) is 4.79 Å². The lowest BCUT2D eigenvalue weighted by Gasteiger charge is -2.34. The first kappa shape index (κ1) is 18.9. The van der Waals surface area contributed by atoms with Crippen LogP contribution in [0.3, 0.4) is 0 Å². The van der Waals surface area contributed by atoms with Crippen LogP contribution in [0.25, 0.3) is 0 Å². The Kier molecular flexibility index (Phi) is 6.08. The van der Waals surface area contributed by atoms with Gasteiger partial charge in [0.25, 0.3) is 11.8 Å². The van der Waals surface area contributed by atoms with Gasteiger partial charge in [0, 0.05) is 41.7 Å². The van der Waals surface area contributed by atoms with E-state index in [1.54, 1.807) is 59.3 Å². The number of pyridine rings is 1. The monoisotopic (exact) mass is 385 g/mol. The number of carbonyl (C=O) groups is 3. The lowest BCUT2D eigenvalue weighted by molar-refractivity contribution is -0.138. The van der Waals surface area contributed by atoms with Crippen molar-refractivity contribution in [3.63, 3.8) is 0 Å². The van der Waals surface area contributed by atoms with Gasteiger partial charge in [0.15, 0.2) is 0 Å². The van der Waals surface area contributed by atoms with Crippen molar-refractivity contribution in [1.82, 2.24) is 9.88 Å². The number of anilines is 1. The van der Waals surface area contributed by atoms with E-state index in [9.17, 15) is 14.4 Å². The van der Waals surface area contributed by atoms with E-state index in [2.05, 4.69) is 10.3 Å². The summed E-state index contributed by atoms with van der Waals surface area (Å²) >= 11 is 1.65. The van der Waals surface area contributed by atoms with Gasteiger partial charge >= 0.3 is 5.97 Å². The summed E-state index contributed by atoms with van der Waals surface area (Å²) in [4.78, 5) is 41.8. The molecule has 1 aromatic heterocycles. The third kappa shape index (κ3) is 4.85. The van der Waals surface area contributed by atoms with Gasteiger partial charge in [-0.2, -0.15) is 11.8 Å². The summed E-state index contributed by atoms with van der Waals surface area (Å²) in [6.45, 7) is 0.508. The minimum atomic E-state index is -0.919. The van der Waals surface area contributed by atoms with Crippen molar-refractivity contribution in [3.05, 3.63) is 59.9 Å². The molecule has 2 amide bonds. The number of nitrogens with one attached hydrogen (secondary N) is 1. The SMILES string of the molecule is O=C(O)CC1CSCCN1C(=O)c1cccc(NC(=O)c2cccnc2)c1. The van der Waals surface area contributed by atoms with Crippen LogP contribution in [0, 0.1) is 0 Å². The molecule has 1 fully saturated rings. The maximum Gasteiger partial charge on any atom is 0.305 e. The quantitative estimate of drug-likeness (QED) is 0.820. The summed E-state index contributed by atoms with van der Waals surface area (Å²) < 4.78 is 0. The number of benzene rings is 1. The second-order valence-electron chi connectivity index (χ2n) is 6.10. The van der Waals surface area contributed by atoms with Crippen molar-refractivity contribution in [2.24, 2.45) is 0 Å². The molecule has 0 radical (unpaired) electrons. The fourth-order valence-electron chi connectivity index (χ4n) is 2.89. The predicted octanol–water partition coefficient (Wildman–Crippen LogP) is 2.37. The average molecular weight is 385 g/mol. The topological polar surface area (TPSA) is 99.6 Å². The maximum absolute atomic E-state index is 12.9. The van der Waals surface area contributed by atoms with E-state index in [0.29, 0.717) is 29.1 Å². The van der Waals surface area contributed by atoms with Gasteiger partial charge in [0.1, 0.15) is 0 Å². The Balaban J connectivity index is 1.75. The smallest absolute Gasteiger partial charge is 0.305 e. The Labute approximate surface area is 160 Å². The molecule has 2 aromatic rings. The summed E-state index contributed by atoms with van der Waals surface area (Å²) in [6, 6.07) is 9.66. The second kappa shape index (κ2) is 8.68. The number of hydrogen-bond acceptors (Lipinski definition) is 5. The number of hydrogen-bond donors (Lipinski definition) is 2. The molecule has 2 N–H and O–H groups in total. The molecule has 1 aliphatic rings. The van der Waals surface area contributed by atoms with Crippen LogP contribution in [0.2, 0.25) is 0 Å². The second-order valence-corrected chi connectivity index (χ2v) is 7.25. The number of carboxylic acid groups (broad SMARTS) is 1. The molecule has 3 rings (SSSR count). The number of carboxylic acids is 1. The van der Waals surface area contributed by atoms with Gasteiger partial charge in [0.2, 0.25) is 0 Å². The first-order chi connectivity index (χ1) is 13.0. The molecular weight excluding hydrogens is 366 g/mol. The van der Waals surface area contributed by atoms with Gasteiger partial charge in [-0.05, 0) is 30.3 Å². The number of thioether (sulfide) groups is 1. The highest BCUT2D eigenvalue weighted by Crippen LogP contribution is 2.22. The average Bonchev–Trinajstić information content (AvgIpc) is 2.68. The number of rotatable bonds is 5. The van der Waals surface area contributed by atoms with Gasteiger partial charge in [-0.1, -0.05) is 6.07 Å². The Bertz CT molecular complexity index is 844. The number of amides is 2. The Morgan fingerprint density at radius 1 is 1.22 bits per heavy atom. The van der Waals surface area contributed by atoms with Gasteiger partial charge in [0.05, 0.1) is 18.0 Å². The van der Waals surface area contributed by atoms with E-state index in [-0.39, 0.29) is 24.3 Å². The zero-order valence-corrected chi connectivity index (χ0v) is 15.3. The Hall–Kier alpha value is -2.87. The van der Waals surface area contributed by atoms with Crippen molar-refractivity contribution >= 4 is 35.2 Å². The molecule has 8 heteroatoms. The summed E-state index contributed by atoms with van der Waals surface area (Å²) in [5, 5.41) is 11.8. The lowest BCUT2D eigenvalue weighted by atomic mass is 10.1. The Morgan fingerprint density at radius 2 is 2.04 bits per heavy atom. The zero-order valence-electron chi connectivity index (χ0n) is 14.5. The summed E-state index contributed by atoms with van der Waals surface area (Å²) in [5.41, 5.74) is 1.33. The third-order valence-corrected chi connectivity index (χ3v) is 5.28. The third-order valence-electron chi connectivity index (χ3n) is 4.19. The molecule has 140 valence electrons. The van der Waals surface area contributed by atoms with Crippen LogP contribution in [0.1, 0.15) is 27.1 Å². The zero-order chi connectivity index (χ0) is 19.2. The van der Waals surface area contributed by atoms with Crippen molar-refractivity contribution in [2.75, 3.05) is 23.4 Å². The van der Waals surface area contributed by atoms with Crippen LogP contribution in [0.4, 0.5) is 5.69 Å². The van der Waals surface area contributed by atoms with E-state index in [1.807, 2.05) is 0 Å². The van der Waals surface area contributed by atoms with E-state index >= 15 is 0 Å². The highest BCUT2D eigenvalue weighted by atomic mass is 32.2. The van der Waals surface area contributed by atoms with Gasteiger partial charge in [-0.25, -0.2) is 0 Å². The molecular formula is C19H19N3O4S. The van der Waals surface area contributed by atoms with Gasteiger partial charge in [-0.3, -0.25) is 19.4 Å². The molecule has 1 aliphatic heterocycles. The number of nitrogens with zero attached hydrogens (tertiary/aromatic N) is 2. The van der Waals surface area contributed by atoms with Crippen molar-refractivity contribution < 1.29 is 19.5 Å². The highest BCUT2D eigenvalue weighted by Gasteiger charge is 2.29. The predicted molar refractivity (Wildman–Crippen MR) is 103 cm³/mol. The molecule has 0 aliphatic carbocycles. The number of aliphatic carboxylic acids is 1. The summed E-state index contributed by atoms with van der Waals surface area (Å²) in [7, 11) is 0. The number of aromatic nitrogens is 1. The number of carbonyl (C=O) groups excluding carboxylic acids is 2. The fraction of sp³-hybridized carbons (Fsp3) is 0.263. The minimum Gasteiger partial charge on any atom is -0.481 e. The van der Waals surface area contributed by atoms with Gasteiger partial charge in [-0.15, -0.1) is 0 Å². The van der Waals surface area contributed by atoms with Crippen molar-refractivity contribution in [2.45, 2.75) is 12.5 Å². The minimum absolute atomic E-state index is 0.0732. The first-order valence-electron chi connectivity index (χ1n) is 8.46. The van der Waals surface area contributed by atoms with Crippen LogP contribution in [-0.4, -0.2) is 56.9 Å². The normalized spacial score (nSPS) is 16.6. The van der Waals surface area contributed by atoms with Crippen molar-refractivity contribution in [3.8, 4) is 0 Å². The lowest BCUT2D eigenvalue weighted by Crippen LogP contribution is -2.47. The van der Waals surface area contributed by atoms with Gasteiger partial charge < -0.3 is 15.3 Å². The molecule has 7 nitrogen and oxygen atoms in total. The van der Waals surface area contributed by atoms with Crippen LogP contribution in [0.5, 0.6) is 0 Å². The molecule has 2 heterocycles. The summed E-state index contributed by atoms with van der Waals surface area (Å²) in [6.07, 6.45) is 2.98. The fourth-order valence-corrected chi connectivity index (χ4v) is 3.95. The highest BCUT2D eigenvalue weighted by molar-refractivity contribution is 7.99.